The molecule has 1 saturated heterocycles. The van der Waals surface area contributed by atoms with Gasteiger partial charge in [-0.25, -0.2) is 9.59 Å². The molecule has 0 aromatic rings. The number of hydrogen-bond acceptors (Lipinski definition) is 19. The summed E-state index contributed by atoms with van der Waals surface area (Å²) >= 11 is 0. The second-order valence-corrected chi connectivity index (χ2v) is 20.6. The molecular weight excluding hydrogens is 895 g/mol. The number of aliphatic hydroxyl groups excluding tert-OH is 6. The first-order valence-corrected chi connectivity index (χ1v) is 24.6. The quantitative estimate of drug-likeness (QED) is 0.0258. The highest BCUT2D eigenvalue weighted by Crippen LogP contribution is 2.69. The lowest BCUT2D eigenvalue weighted by Gasteiger charge is -2.59. The first kappa shape index (κ1) is 52.8. The van der Waals surface area contributed by atoms with Gasteiger partial charge in [-0.1, -0.05) is 66.5 Å². The summed E-state index contributed by atoms with van der Waals surface area (Å²) in [5, 5.41) is 77.1. The summed E-state index contributed by atoms with van der Waals surface area (Å²) in [5.74, 6) is -3.20. The van der Waals surface area contributed by atoms with Crippen molar-refractivity contribution in [3.05, 3.63) is 23.8 Å². The third-order valence-corrected chi connectivity index (χ3v) is 16.4. The van der Waals surface area contributed by atoms with Crippen molar-refractivity contribution in [2.45, 2.75) is 133 Å². The summed E-state index contributed by atoms with van der Waals surface area (Å²) < 4.78 is 23.6. The normalized spacial score (nSPS) is 32.8. The maximum atomic E-state index is 14.4. The van der Waals surface area contributed by atoms with Crippen LogP contribution in [0.5, 0.6) is 0 Å². The molecule has 1 unspecified atom stereocenters. The Hall–Kier alpha value is -3.16. The number of amides is 2. The molecule has 1 aliphatic heterocycles. The zero-order valence-corrected chi connectivity index (χ0v) is 38.7. The fourth-order valence-electron chi connectivity index (χ4n) is 10.6. The van der Waals surface area contributed by atoms with Gasteiger partial charge in [-0.3, -0.25) is 19.2 Å². The predicted octanol–water partition coefficient (Wildman–Crippen LogP) is -0.251. The van der Waals surface area contributed by atoms with Crippen molar-refractivity contribution in [1.82, 2.24) is 16.0 Å². The number of nitrogens with one attached hydrogen (secondary N) is 3. The van der Waals surface area contributed by atoms with E-state index in [1.807, 2.05) is 19.9 Å². The maximum Gasteiger partial charge on any atom is 0.508 e. The number of fused-ring (bicyclic) bond motifs is 7. The van der Waals surface area contributed by atoms with Gasteiger partial charge in [-0.2, -0.15) is 0 Å². The summed E-state index contributed by atoms with van der Waals surface area (Å²) in [6, 6.07) is -2.30. The van der Waals surface area contributed by atoms with Crippen LogP contribution in [0.3, 0.4) is 0 Å². The predicted molar refractivity (Wildman–Crippen MR) is 234 cm³/mol. The van der Waals surface area contributed by atoms with E-state index in [-0.39, 0.29) is 60.9 Å². The van der Waals surface area contributed by atoms with Crippen LogP contribution in [-0.4, -0.2) is 177 Å². The summed E-state index contributed by atoms with van der Waals surface area (Å²) in [7, 11) is 3.71. The molecule has 65 heavy (non-hydrogen) atoms. The Morgan fingerprint density at radius 2 is 1.75 bits per heavy atom. The van der Waals surface area contributed by atoms with Crippen molar-refractivity contribution in [3.8, 4) is 0 Å². The third kappa shape index (κ3) is 11.4. The van der Waals surface area contributed by atoms with Crippen LogP contribution >= 0.6 is 21.6 Å². The highest BCUT2D eigenvalue weighted by molar-refractivity contribution is 8.76. The zero-order valence-electron chi connectivity index (χ0n) is 37.1. The monoisotopic (exact) mass is 959 g/mol. The van der Waals surface area contributed by atoms with Crippen LogP contribution in [-0.2, 0) is 42.9 Å². The van der Waals surface area contributed by atoms with Gasteiger partial charge in [0.05, 0.1) is 31.0 Å². The number of ether oxygens (including phenoxy) is 4. The molecule has 3 fully saturated rings. The lowest BCUT2D eigenvalue weighted by molar-refractivity contribution is -0.198. The number of allylic oxidation sites excluding steroid dienone is 4. The largest absolute Gasteiger partial charge is 0.508 e. The molecule has 1 heterocycles. The highest BCUT2D eigenvalue weighted by Gasteiger charge is 2.75. The van der Waals surface area contributed by atoms with Crippen LogP contribution in [0.2, 0.25) is 0 Å². The Bertz CT molecular complexity index is 1810. The summed E-state index contributed by atoms with van der Waals surface area (Å²) in [6.45, 7) is 3.87. The van der Waals surface area contributed by atoms with Crippen LogP contribution < -0.4 is 16.0 Å². The van der Waals surface area contributed by atoms with Gasteiger partial charge in [0, 0.05) is 47.6 Å². The second kappa shape index (κ2) is 22.8. The van der Waals surface area contributed by atoms with Gasteiger partial charge in [0.15, 0.2) is 24.3 Å². The first-order chi connectivity index (χ1) is 30.8. The van der Waals surface area contributed by atoms with Crippen molar-refractivity contribution >= 4 is 57.1 Å². The Balaban J connectivity index is 1.06. The Morgan fingerprint density at radius 1 is 1.03 bits per heavy atom. The number of carboxylic acid groups (broad SMARTS) is 1. The minimum absolute atomic E-state index is 0.0165. The van der Waals surface area contributed by atoms with Gasteiger partial charge >= 0.3 is 12.1 Å². The lowest BCUT2D eigenvalue weighted by atomic mass is 9.47. The van der Waals surface area contributed by atoms with Crippen LogP contribution in [0.1, 0.15) is 72.1 Å². The smallest absolute Gasteiger partial charge is 0.480 e. The number of carbonyl (C=O) groups is 6. The number of Topliss-reactive ketones (excluding diaryl/α,β-unsaturated/α-hetero) is 1. The molecule has 4 aliphatic carbocycles. The van der Waals surface area contributed by atoms with E-state index in [0.29, 0.717) is 25.7 Å². The van der Waals surface area contributed by atoms with E-state index in [0.717, 1.165) is 22.8 Å². The number of aliphatic hydroxyl groups is 6. The van der Waals surface area contributed by atoms with Gasteiger partial charge < -0.3 is 70.6 Å². The van der Waals surface area contributed by atoms with Gasteiger partial charge in [-0.15, -0.1) is 0 Å². The molecule has 2 saturated carbocycles. The minimum Gasteiger partial charge on any atom is -0.480 e. The zero-order chi connectivity index (χ0) is 47.9. The van der Waals surface area contributed by atoms with E-state index in [9.17, 15) is 59.4 Å². The topological polar surface area (TPSA) is 317 Å². The number of carboxylic acids is 1. The molecule has 22 heteroatoms. The van der Waals surface area contributed by atoms with Crippen LogP contribution in [0.15, 0.2) is 23.8 Å². The lowest BCUT2D eigenvalue weighted by Crippen LogP contribution is -2.63. The third-order valence-electron chi connectivity index (χ3n) is 14.0. The highest BCUT2D eigenvalue weighted by atomic mass is 33.1. The molecule has 0 aromatic carbocycles. The summed E-state index contributed by atoms with van der Waals surface area (Å²) in [6.07, 6.45) is -1.88. The van der Waals surface area contributed by atoms with Gasteiger partial charge in [0.1, 0.15) is 31.0 Å². The van der Waals surface area contributed by atoms with Gasteiger partial charge in [0.2, 0.25) is 17.6 Å². The molecule has 0 radical (unpaired) electrons. The van der Waals surface area contributed by atoms with Gasteiger partial charge in [0.25, 0.3) is 0 Å². The molecule has 0 spiro atoms. The van der Waals surface area contributed by atoms with E-state index >= 15 is 0 Å². The molecule has 0 bridgehead atoms. The van der Waals surface area contributed by atoms with E-state index in [4.69, 9.17) is 24.1 Å². The number of likely N-dealkylation sites (N-methyl/N-ethyl adjacent to an activating group) is 1. The fourth-order valence-corrected chi connectivity index (χ4v) is 12.6. The van der Waals surface area contributed by atoms with Crippen molar-refractivity contribution in [2.24, 2.45) is 28.6 Å². The molecule has 10 N–H and O–H groups in total. The van der Waals surface area contributed by atoms with E-state index < -0.39 is 121 Å². The average molecular weight is 960 g/mol. The number of hydrogen-bond donors (Lipinski definition) is 10. The van der Waals surface area contributed by atoms with Crippen molar-refractivity contribution in [3.63, 3.8) is 0 Å². The molecule has 20 nitrogen and oxygen atoms in total. The second-order valence-electron chi connectivity index (χ2n) is 17.9. The molecule has 5 aliphatic rings. The SMILES string of the molecule is CCCC1O[C@@H]2C[C@H]3[C@@H]4CC=C5CC(=O)C=C[C@]5(C)[C@H]4[C@@H](O)C[C@]3(C)[C@]2(C(=O)COC(=O)OCCSSC[C@H](NC(=O)[C@H](CCC(=O)NC[C@H](O)[C@@H](O)[C@H](O)[C@H](O)CO)NC)C(=O)O)O1. The molecular formula is C43H65N3O17S2. The van der Waals surface area contributed by atoms with Crippen LogP contribution in [0.25, 0.3) is 0 Å². The van der Waals surface area contributed by atoms with Crippen LogP contribution in [0.4, 0.5) is 4.79 Å². The molecule has 5 rings (SSSR count). The Labute approximate surface area is 385 Å². The van der Waals surface area contributed by atoms with Crippen LogP contribution in [0, 0.1) is 28.6 Å². The van der Waals surface area contributed by atoms with Gasteiger partial charge in [-0.05, 0) is 57.1 Å². The Morgan fingerprint density at radius 3 is 2.43 bits per heavy atom. The number of aliphatic carboxylic acids is 1. The van der Waals surface area contributed by atoms with Crippen molar-refractivity contribution in [1.29, 1.82) is 0 Å². The van der Waals surface area contributed by atoms with E-state index in [1.54, 1.807) is 6.08 Å². The van der Waals surface area contributed by atoms with E-state index in [1.165, 1.54) is 17.8 Å². The number of ketones is 2. The Kier molecular flexibility index (Phi) is 18.5. The number of carbonyl (C=O) groups excluding carboxylic acids is 5. The first-order valence-electron chi connectivity index (χ1n) is 22.1. The summed E-state index contributed by atoms with van der Waals surface area (Å²) in [4.78, 5) is 76.6. The summed E-state index contributed by atoms with van der Waals surface area (Å²) in [5.41, 5.74) is -1.82. The van der Waals surface area contributed by atoms with E-state index in [2.05, 4.69) is 29.0 Å². The molecule has 15 atom stereocenters. The number of rotatable bonds is 24. The molecule has 2 amide bonds. The van der Waals surface area contributed by atoms with Crippen molar-refractivity contribution < 1.29 is 83.5 Å². The minimum atomic E-state index is -1.87. The molecule has 0 aromatic heterocycles. The average Bonchev–Trinajstić information content (AvgIpc) is 3.76. The van der Waals surface area contributed by atoms with Crippen molar-refractivity contribution in [2.75, 3.05) is 44.9 Å². The fraction of sp³-hybridized carbons (Fsp3) is 0.767. The maximum absolute atomic E-state index is 14.4. The molecule has 366 valence electrons. The standard InChI is InChI=1S/C43H65N3O17S2/c1-5-6-34-62-32-16-25-24-8-7-22-15-23(48)11-12-41(22,2)35(24)28(49)17-42(25,3)43(32,63-34)31(52)20-61-40(59)60-13-14-64-65-21-27(39(57)58)46-38(56)26(44-4)9-10-33(53)45-18-29(50)36(54)37(55)30(51)19-47/h7,11-12,24-30,32,34-37,44,47,49-51,54-55H,5-6,8-10,13-21H2,1-4H3,(H,45,53)(H,46,56)(H,57,58)/t24-,25-,26-,27-,28-,29-,30+,32+,34?,35+,36+,37+,41-,42-,43+/m0/s1.